The van der Waals surface area contributed by atoms with Crippen molar-refractivity contribution in [2.45, 2.75) is 56.8 Å². The van der Waals surface area contributed by atoms with Gasteiger partial charge in [-0.3, -0.25) is 10.1 Å². The molecule has 0 radical (unpaired) electrons. The molecule has 1 aliphatic rings. The zero-order valence-corrected chi connectivity index (χ0v) is 12.3. The van der Waals surface area contributed by atoms with E-state index in [0.29, 0.717) is 6.42 Å². The van der Waals surface area contributed by atoms with E-state index >= 15 is 0 Å². The Kier molecular flexibility index (Phi) is 7.50. The second-order valence-electron chi connectivity index (χ2n) is 5.21. The van der Waals surface area contributed by atoms with E-state index in [1.165, 1.54) is 0 Å². The second-order valence-corrected chi connectivity index (χ2v) is 5.21. The lowest BCUT2D eigenvalue weighted by Crippen LogP contribution is -2.55. The first-order valence-corrected chi connectivity index (χ1v) is 7.10. The van der Waals surface area contributed by atoms with Gasteiger partial charge in [0.2, 0.25) is 0 Å². The Hall–Kier alpha value is -0.770. The molecule has 21 heavy (non-hydrogen) atoms. The molecule has 0 aromatic carbocycles. The summed E-state index contributed by atoms with van der Waals surface area (Å²) >= 11 is 0. The van der Waals surface area contributed by atoms with Gasteiger partial charge in [-0.1, -0.05) is 0 Å². The largest absolute Gasteiger partial charge is 0.465 e. The van der Waals surface area contributed by atoms with E-state index in [4.69, 9.17) is 9.47 Å². The van der Waals surface area contributed by atoms with E-state index in [-0.39, 0.29) is 19.3 Å². The van der Waals surface area contributed by atoms with Crippen LogP contribution in [0.2, 0.25) is 0 Å². The van der Waals surface area contributed by atoms with Crippen molar-refractivity contribution in [2.24, 2.45) is 0 Å². The number of ether oxygens (including phenoxy) is 2. The molecule has 0 saturated carbocycles. The van der Waals surface area contributed by atoms with Crippen LogP contribution < -0.4 is 5.32 Å². The molecule has 0 amide bonds. The molecule has 1 aliphatic heterocycles. The third-order valence-electron chi connectivity index (χ3n) is 3.43. The SMILES string of the molecule is CCOC(=O)C(CO)NC(C)CC1OC[C@@H](O)[C@H](O)[C@H]1O. The molecular formula is C13H25NO7. The Labute approximate surface area is 123 Å². The van der Waals surface area contributed by atoms with Gasteiger partial charge in [0, 0.05) is 6.04 Å². The lowest BCUT2D eigenvalue weighted by Gasteiger charge is -2.36. The van der Waals surface area contributed by atoms with Gasteiger partial charge in [0.05, 0.1) is 25.9 Å². The molecule has 1 saturated heterocycles. The van der Waals surface area contributed by atoms with E-state index in [0.717, 1.165) is 0 Å². The van der Waals surface area contributed by atoms with Gasteiger partial charge in [0.1, 0.15) is 24.4 Å². The average molecular weight is 307 g/mol. The minimum Gasteiger partial charge on any atom is -0.465 e. The van der Waals surface area contributed by atoms with Gasteiger partial charge < -0.3 is 29.9 Å². The third-order valence-corrected chi connectivity index (χ3v) is 3.43. The van der Waals surface area contributed by atoms with Crippen molar-refractivity contribution in [1.29, 1.82) is 0 Å². The van der Waals surface area contributed by atoms with Gasteiger partial charge >= 0.3 is 5.97 Å². The molecule has 0 aromatic rings. The summed E-state index contributed by atoms with van der Waals surface area (Å²) in [6.45, 7) is 3.19. The van der Waals surface area contributed by atoms with Crippen LogP contribution in [0.3, 0.4) is 0 Å². The van der Waals surface area contributed by atoms with Crippen LogP contribution in [0.4, 0.5) is 0 Å². The van der Waals surface area contributed by atoms with Crippen molar-refractivity contribution in [3.8, 4) is 0 Å². The van der Waals surface area contributed by atoms with Crippen molar-refractivity contribution in [2.75, 3.05) is 19.8 Å². The highest BCUT2D eigenvalue weighted by atomic mass is 16.5. The lowest BCUT2D eigenvalue weighted by molar-refractivity contribution is -0.189. The Morgan fingerprint density at radius 1 is 1.38 bits per heavy atom. The molecule has 1 heterocycles. The van der Waals surface area contributed by atoms with Crippen LogP contribution in [0.1, 0.15) is 20.3 Å². The molecule has 124 valence electrons. The fourth-order valence-electron chi connectivity index (χ4n) is 2.27. The number of rotatable bonds is 7. The van der Waals surface area contributed by atoms with Crippen LogP contribution in [0.25, 0.3) is 0 Å². The number of hydrogen-bond acceptors (Lipinski definition) is 8. The smallest absolute Gasteiger partial charge is 0.325 e. The number of carbonyl (C=O) groups excluding carboxylic acids is 1. The van der Waals surface area contributed by atoms with E-state index in [1.807, 2.05) is 0 Å². The Balaban J connectivity index is 2.48. The standard InChI is InChI=1S/C13H25NO7/c1-3-20-13(19)8(5-15)14-7(2)4-10-12(18)11(17)9(16)6-21-10/h7-12,14-18H,3-6H2,1-2H3/t7?,8?,9-,10?,11+,12+/m1/s1. The maximum absolute atomic E-state index is 11.6. The minimum atomic E-state index is -1.25. The van der Waals surface area contributed by atoms with Crippen LogP contribution in [-0.4, -0.2) is 82.7 Å². The van der Waals surface area contributed by atoms with Gasteiger partial charge in [0.25, 0.3) is 0 Å². The first-order valence-electron chi connectivity index (χ1n) is 7.10. The van der Waals surface area contributed by atoms with Gasteiger partial charge in [-0.2, -0.15) is 0 Å². The summed E-state index contributed by atoms with van der Waals surface area (Å²) in [5, 5.41) is 40.9. The fraction of sp³-hybridized carbons (Fsp3) is 0.923. The Bertz CT molecular complexity index is 328. The summed E-state index contributed by atoms with van der Waals surface area (Å²) in [7, 11) is 0. The molecule has 1 fully saturated rings. The molecule has 6 atom stereocenters. The number of hydrogen-bond donors (Lipinski definition) is 5. The first-order chi connectivity index (χ1) is 9.90. The maximum atomic E-state index is 11.6. The van der Waals surface area contributed by atoms with Gasteiger partial charge in [-0.05, 0) is 20.3 Å². The molecule has 3 unspecified atom stereocenters. The van der Waals surface area contributed by atoms with Crippen molar-refractivity contribution in [3.63, 3.8) is 0 Å². The van der Waals surface area contributed by atoms with Gasteiger partial charge in [0.15, 0.2) is 0 Å². The molecule has 0 aliphatic carbocycles. The number of esters is 1. The molecule has 0 aromatic heterocycles. The number of aliphatic hydroxyl groups excluding tert-OH is 4. The zero-order chi connectivity index (χ0) is 16.0. The fourth-order valence-corrected chi connectivity index (χ4v) is 2.27. The first kappa shape index (κ1) is 18.3. The summed E-state index contributed by atoms with van der Waals surface area (Å²) in [4.78, 5) is 11.6. The normalized spacial score (nSPS) is 32.5. The molecule has 0 spiro atoms. The average Bonchev–Trinajstić information content (AvgIpc) is 2.45. The van der Waals surface area contributed by atoms with Crippen molar-refractivity contribution in [3.05, 3.63) is 0 Å². The molecule has 8 heteroatoms. The molecule has 5 N–H and O–H groups in total. The van der Waals surface area contributed by atoms with Crippen molar-refractivity contribution in [1.82, 2.24) is 5.32 Å². The van der Waals surface area contributed by atoms with Gasteiger partial charge in [-0.15, -0.1) is 0 Å². The van der Waals surface area contributed by atoms with E-state index < -0.39 is 43.0 Å². The highest BCUT2D eigenvalue weighted by Gasteiger charge is 2.38. The van der Waals surface area contributed by atoms with Gasteiger partial charge in [-0.25, -0.2) is 0 Å². The maximum Gasteiger partial charge on any atom is 0.325 e. The quantitative estimate of drug-likeness (QED) is 0.334. The monoisotopic (exact) mass is 307 g/mol. The van der Waals surface area contributed by atoms with E-state index in [2.05, 4.69) is 5.32 Å². The highest BCUT2D eigenvalue weighted by molar-refractivity contribution is 5.75. The zero-order valence-electron chi connectivity index (χ0n) is 12.3. The predicted octanol–water partition coefficient (Wildman–Crippen LogP) is -2.24. The summed E-state index contributed by atoms with van der Waals surface area (Å²) < 4.78 is 10.1. The second kappa shape index (κ2) is 8.62. The van der Waals surface area contributed by atoms with Crippen LogP contribution in [0.5, 0.6) is 0 Å². The third kappa shape index (κ3) is 5.17. The van der Waals surface area contributed by atoms with E-state index in [9.17, 15) is 25.2 Å². The van der Waals surface area contributed by atoms with Crippen LogP contribution in [0, 0.1) is 0 Å². The summed E-state index contributed by atoms with van der Waals surface area (Å²) in [6.07, 6.45) is -3.92. The highest BCUT2D eigenvalue weighted by Crippen LogP contribution is 2.19. The predicted molar refractivity (Wildman–Crippen MR) is 72.5 cm³/mol. The van der Waals surface area contributed by atoms with Crippen LogP contribution in [0.15, 0.2) is 0 Å². The number of nitrogens with one attached hydrogen (secondary N) is 1. The molecule has 0 bridgehead atoms. The molecule has 8 nitrogen and oxygen atoms in total. The summed E-state index contributed by atoms with van der Waals surface area (Å²) in [5.41, 5.74) is 0. The minimum absolute atomic E-state index is 0.0586. The van der Waals surface area contributed by atoms with E-state index in [1.54, 1.807) is 13.8 Å². The molecular weight excluding hydrogens is 282 g/mol. The lowest BCUT2D eigenvalue weighted by atomic mass is 9.95. The number of carbonyl (C=O) groups is 1. The van der Waals surface area contributed by atoms with Crippen molar-refractivity contribution < 1.29 is 34.7 Å². The Morgan fingerprint density at radius 3 is 2.62 bits per heavy atom. The van der Waals surface area contributed by atoms with Crippen molar-refractivity contribution >= 4 is 5.97 Å². The topological polar surface area (TPSA) is 128 Å². The Morgan fingerprint density at radius 2 is 2.05 bits per heavy atom. The van der Waals surface area contributed by atoms with Crippen LogP contribution >= 0.6 is 0 Å². The number of aliphatic hydroxyl groups is 4. The van der Waals surface area contributed by atoms with Crippen LogP contribution in [-0.2, 0) is 14.3 Å². The summed E-state index contributed by atoms with van der Waals surface area (Å²) in [6, 6.07) is -1.12. The molecule has 1 rings (SSSR count). The summed E-state index contributed by atoms with van der Waals surface area (Å²) in [5.74, 6) is -0.549.